The number of alkyl halides is 6. The second kappa shape index (κ2) is 7.57. The molecule has 0 aliphatic heterocycles. The Kier molecular flexibility index (Phi) is 5.04. The Hall–Kier alpha value is -3.62. The summed E-state index contributed by atoms with van der Waals surface area (Å²) in [6, 6.07) is 14.3. The number of hydrogen-bond acceptors (Lipinski definition) is 3. The minimum Gasteiger partial charge on any atom is -0.338 e. The monoisotopic (exact) mass is 433 g/mol. The lowest BCUT2D eigenvalue weighted by atomic mass is 9.97. The Bertz CT molecular complexity index is 1230. The minimum atomic E-state index is -4.50. The molecule has 158 valence electrons. The highest BCUT2D eigenvalue weighted by atomic mass is 19.4. The van der Waals surface area contributed by atoms with Crippen molar-refractivity contribution in [2.45, 2.75) is 12.4 Å². The normalized spacial score (nSPS) is 12.2. The summed E-state index contributed by atoms with van der Waals surface area (Å²) < 4.78 is 78.2. The maximum Gasteiger partial charge on any atom is 0.417 e. The molecule has 0 amide bonds. The van der Waals surface area contributed by atoms with E-state index < -0.39 is 23.5 Å². The predicted octanol–water partition coefficient (Wildman–Crippen LogP) is 7.08. The average Bonchev–Trinajstić information content (AvgIpc) is 2.73. The van der Waals surface area contributed by atoms with Crippen LogP contribution in [0.15, 0.2) is 72.9 Å². The summed E-state index contributed by atoms with van der Waals surface area (Å²) in [4.78, 5) is 0. The molecule has 9 heteroatoms. The van der Waals surface area contributed by atoms with Crippen LogP contribution in [-0.2, 0) is 12.4 Å². The van der Waals surface area contributed by atoms with Gasteiger partial charge in [-0.2, -0.15) is 31.4 Å². The molecule has 31 heavy (non-hydrogen) atoms. The van der Waals surface area contributed by atoms with Crippen LogP contribution in [0.5, 0.6) is 0 Å². The van der Waals surface area contributed by atoms with E-state index in [1.54, 1.807) is 12.1 Å². The molecule has 0 saturated heterocycles. The SMILES string of the molecule is FC(F)(F)c1ccc(Nc2nncc3cc(-c4ccccc4C(F)(F)F)ccc23)cc1. The Labute approximate surface area is 172 Å². The number of aromatic nitrogens is 2. The number of fused-ring (bicyclic) bond motifs is 1. The van der Waals surface area contributed by atoms with Gasteiger partial charge in [0, 0.05) is 16.5 Å². The highest BCUT2D eigenvalue weighted by Crippen LogP contribution is 2.38. The Morgan fingerprint density at radius 2 is 1.45 bits per heavy atom. The van der Waals surface area contributed by atoms with Crippen molar-refractivity contribution < 1.29 is 26.3 Å². The summed E-state index contributed by atoms with van der Waals surface area (Å²) in [5.41, 5.74) is -0.782. The molecule has 1 heterocycles. The van der Waals surface area contributed by atoms with E-state index in [-0.39, 0.29) is 11.4 Å². The summed E-state index contributed by atoms with van der Waals surface area (Å²) in [6.07, 6.45) is -7.54. The van der Waals surface area contributed by atoms with Crippen LogP contribution < -0.4 is 5.32 Å². The molecular weight excluding hydrogens is 420 g/mol. The molecule has 0 saturated carbocycles. The van der Waals surface area contributed by atoms with Gasteiger partial charge in [0.1, 0.15) is 0 Å². The zero-order valence-electron chi connectivity index (χ0n) is 15.6. The van der Waals surface area contributed by atoms with Gasteiger partial charge < -0.3 is 5.32 Å². The van der Waals surface area contributed by atoms with Crippen LogP contribution in [0.1, 0.15) is 11.1 Å². The predicted molar refractivity (Wildman–Crippen MR) is 105 cm³/mol. The molecule has 3 aromatic carbocycles. The van der Waals surface area contributed by atoms with Crippen molar-refractivity contribution in [1.82, 2.24) is 10.2 Å². The highest BCUT2D eigenvalue weighted by Gasteiger charge is 2.33. The van der Waals surface area contributed by atoms with E-state index in [0.29, 0.717) is 22.0 Å². The van der Waals surface area contributed by atoms with Crippen LogP contribution >= 0.6 is 0 Å². The molecule has 0 bridgehead atoms. The summed E-state index contributed by atoms with van der Waals surface area (Å²) in [5.74, 6) is 0.271. The summed E-state index contributed by atoms with van der Waals surface area (Å²) in [7, 11) is 0. The largest absolute Gasteiger partial charge is 0.417 e. The average molecular weight is 433 g/mol. The zero-order chi connectivity index (χ0) is 22.2. The minimum absolute atomic E-state index is 0.0333. The Balaban J connectivity index is 1.70. The van der Waals surface area contributed by atoms with Crippen molar-refractivity contribution >= 4 is 22.3 Å². The molecule has 0 atom stereocenters. The lowest BCUT2D eigenvalue weighted by Crippen LogP contribution is -2.06. The number of nitrogens with zero attached hydrogens (tertiary/aromatic N) is 2. The van der Waals surface area contributed by atoms with E-state index in [0.717, 1.165) is 18.2 Å². The van der Waals surface area contributed by atoms with E-state index in [1.807, 2.05) is 0 Å². The van der Waals surface area contributed by atoms with E-state index in [9.17, 15) is 26.3 Å². The number of halogens is 6. The molecule has 0 spiro atoms. The first-order valence-corrected chi connectivity index (χ1v) is 8.99. The maximum atomic E-state index is 13.4. The Morgan fingerprint density at radius 3 is 2.13 bits per heavy atom. The molecule has 4 rings (SSSR count). The fraction of sp³-hybridized carbons (Fsp3) is 0.0909. The van der Waals surface area contributed by atoms with Crippen LogP contribution in [0.4, 0.5) is 37.8 Å². The van der Waals surface area contributed by atoms with Gasteiger partial charge in [0.15, 0.2) is 5.82 Å². The third-order valence-electron chi connectivity index (χ3n) is 4.68. The van der Waals surface area contributed by atoms with E-state index in [4.69, 9.17) is 0 Å². The number of benzene rings is 3. The number of hydrogen-bond donors (Lipinski definition) is 1. The first-order valence-electron chi connectivity index (χ1n) is 8.99. The zero-order valence-corrected chi connectivity index (χ0v) is 15.6. The lowest BCUT2D eigenvalue weighted by Gasteiger charge is -2.14. The first kappa shape index (κ1) is 20.6. The van der Waals surface area contributed by atoms with Gasteiger partial charge in [0.05, 0.1) is 17.3 Å². The lowest BCUT2D eigenvalue weighted by molar-refractivity contribution is -0.138. The second-order valence-electron chi connectivity index (χ2n) is 6.74. The van der Waals surface area contributed by atoms with Gasteiger partial charge in [-0.3, -0.25) is 0 Å². The quantitative estimate of drug-likeness (QED) is 0.351. The molecular formula is C22H13F6N3. The topological polar surface area (TPSA) is 37.8 Å². The molecule has 0 fully saturated rings. The summed E-state index contributed by atoms with van der Waals surface area (Å²) in [6.45, 7) is 0. The van der Waals surface area contributed by atoms with Crippen molar-refractivity contribution in [2.24, 2.45) is 0 Å². The van der Waals surface area contributed by atoms with Gasteiger partial charge in [-0.15, -0.1) is 5.10 Å². The van der Waals surface area contributed by atoms with Gasteiger partial charge in [0.2, 0.25) is 0 Å². The second-order valence-corrected chi connectivity index (χ2v) is 6.74. The van der Waals surface area contributed by atoms with Crippen molar-refractivity contribution in [3.8, 4) is 11.1 Å². The van der Waals surface area contributed by atoms with Crippen molar-refractivity contribution in [3.63, 3.8) is 0 Å². The van der Waals surface area contributed by atoms with Crippen LogP contribution in [0.3, 0.4) is 0 Å². The molecule has 0 aliphatic carbocycles. The number of anilines is 2. The van der Waals surface area contributed by atoms with E-state index in [1.165, 1.54) is 42.6 Å². The molecule has 1 N–H and O–H groups in total. The standard InChI is InChI=1S/C22H13F6N3/c23-21(24,25)15-6-8-16(9-7-15)30-20-18-10-5-13(11-14(18)12-29-31-20)17-3-1-2-4-19(17)22(26,27)28/h1-12H,(H,30,31). The van der Waals surface area contributed by atoms with Gasteiger partial charge in [-0.25, -0.2) is 0 Å². The molecule has 4 aromatic rings. The van der Waals surface area contributed by atoms with E-state index >= 15 is 0 Å². The first-order chi connectivity index (χ1) is 14.6. The molecule has 0 radical (unpaired) electrons. The number of nitrogens with one attached hydrogen (secondary N) is 1. The van der Waals surface area contributed by atoms with Crippen LogP contribution in [0.25, 0.3) is 21.9 Å². The van der Waals surface area contributed by atoms with Crippen molar-refractivity contribution in [2.75, 3.05) is 5.32 Å². The Morgan fingerprint density at radius 1 is 0.742 bits per heavy atom. The van der Waals surface area contributed by atoms with Crippen LogP contribution in [0.2, 0.25) is 0 Å². The molecule has 0 aliphatic rings. The molecule has 0 unspecified atom stereocenters. The smallest absolute Gasteiger partial charge is 0.338 e. The third kappa shape index (κ3) is 4.30. The van der Waals surface area contributed by atoms with Crippen molar-refractivity contribution in [1.29, 1.82) is 0 Å². The fourth-order valence-electron chi connectivity index (χ4n) is 3.21. The summed E-state index contributed by atoms with van der Waals surface area (Å²) >= 11 is 0. The highest BCUT2D eigenvalue weighted by molar-refractivity contribution is 5.95. The van der Waals surface area contributed by atoms with Gasteiger partial charge in [-0.05, 0) is 53.6 Å². The molecule has 1 aromatic heterocycles. The fourth-order valence-corrected chi connectivity index (χ4v) is 3.21. The molecule has 3 nitrogen and oxygen atoms in total. The van der Waals surface area contributed by atoms with Crippen LogP contribution in [-0.4, -0.2) is 10.2 Å². The van der Waals surface area contributed by atoms with Gasteiger partial charge in [0.25, 0.3) is 0 Å². The number of rotatable bonds is 3. The van der Waals surface area contributed by atoms with Gasteiger partial charge in [-0.1, -0.05) is 24.3 Å². The van der Waals surface area contributed by atoms with Crippen molar-refractivity contribution in [3.05, 3.63) is 84.1 Å². The summed E-state index contributed by atoms with van der Waals surface area (Å²) in [5, 5.41) is 11.8. The van der Waals surface area contributed by atoms with Crippen LogP contribution in [0, 0.1) is 0 Å². The van der Waals surface area contributed by atoms with E-state index in [2.05, 4.69) is 15.5 Å². The maximum absolute atomic E-state index is 13.4. The van der Waals surface area contributed by atoms with Gasteiger partial charge >= 0.3 is 12.4 Å². The third-order valence-corrected chi connectivity index (χ3v) is 4.68.